The Morgan fingerprint density at radius 2 is 1.64 bits per heavy atom. The molecular formula is C57H64N6O9S. The number of β-amino-alcohol motifs (C(OH)–C–C–N with tert-alkyl or cyclic N) is 1. The number of aliphatic imine (C=N–C) groups is 1. The van der Waals surface area contributed by atoms with Gasteiger partial charge in [0, 0.05) is 39.1 Å². The Morgan fingerprint density at radius 3 is 2.32 bits per heavy atom. The number of hydrogen-bond acceptors (Lipinski definition) is 13. The first-order valence-corrected chi connectivity index (χ1v) is 25.7. The van der Waals surface area contributed by atoms with Crippen LogP contribution in [0.5, 0.6) is 17.4 Å². The van der Waals surface area contributed by atoms with Crippen LogP contribution in [-0.2, 0) is 24.7 Å². The summed E-state index contributed by atoms with van der Waals surface area (Å²) in [6.07, 6.45) is 1.07. The van der Waals surface area contributed by atoms with Crippen molar-refractivity contribution in [2.45, 2.75) is 83.9 Å². The molecule has 1 saturated heterocycles. The predicted molar refractivity (Wildman–Crippen MR) is 281 cm³/mol. The molecule has 73 heavy (non-hydrogen) atoms. The van der Waals surface area contributed by atoms with E-state index in [0.717, 1.165) is 44.8 Å². The minimum Gasteiger partial charge on any atom is -0.508 e. The van der Waals surface area contributed by atoms with Gasteiger partial charge >= 0.3 is 0 Å². The molecule has 2 aliphatic heterocycles. The summed E-state index contributed by atoms with van der Waals surface area (Å²) in [7, 11) is 1.76. The molecule has 0 bridgehead atoms. The highest BCUT2D eigenvalue weighted by Gasteiger charge is 2.48. The van der Waals surface area contributed by atoms with Crippen LogP contribution in [0.4, 0.5) is 0 Å². The number of aliphatic hydroxyl groups is 1. The summed E-state index contributed by atoms with van der Waals surface area (Å²) >= 11 is 1.56. The Morgan fingerprint density at radius 1 is 0.932 bits per heavy atom. The van der Waals surface area contributed by atoms with E-state index in [9.17, 15) is 24.6 Å². The SMILES string of the molecule is CC/C(=C(\c1ccc(O)cc1)c1ccc(OCCN(C)C(=O)CCCOCCOc2cc(C(C(=O)N3C[C@H](O)CC3C3=N[C@@](C)(c4ccc(-c5scnc5C)cc4)C(=O)N3)C(C)C)on2)cc1)c1ccccc1. The van der Waals surface area contributed by atoms with E-state index in [-0.39, 0.29) is 61.4 Å². The van der Waals surface area contributed by atoms with Gasteiger partial charge in [-0.1, -0.05) is 99.6 Å². The number of aromatic hydroxyl groups is 1. The standard InChI is InChI=1S/C57H64N6O9S/c1-7-46(38-12-9-8-10-13-38)52(39-17-23-43(64)24-18-39)40-19-25-45(26-20-40)70-29-27-62(6)50(66)14-11-28-69-30-31-71-49-33-48(72-61-49)51(36(2)3)55(67)63-34-44(65)32-47(63)54-59-56(68)57(5,60-54)42-21-15-41(16-22-42)53-37(4)58-35-73-53/h8-10,12-13,15-26,33,35-36,44,47,51,64-65H,7,11,14,27-32,34H2,1-6H3,(H,59,60,68)/b52-46-/t44-,47?,51?,57+/m1/s1. The van der Waals surface area contributed by atoms with Crippen LogP contribution in [0.15, 0.2) is 124 Å². The van der Waals surface area contributed by atoms with E-state index in [1.54, 1.807) is 58.8 Å². The Kier molecular flexibility index (Phi) is 16.9. The van der Waals surface area contributed by atoms with Crippen LogP contribution < -0.4 is 14.8 Å². The summed E-state index contributed by atoms with van der Waals surface area (Å²) < 4.78 is 23.3. The van der Waals surface area contributed by atoms with Crippen LogP contribution in [0.2, 0.25) is 0 Å². The molecule has 6 aromatic rings. The molecule has 2 unspecified atom stereocenters. The van der Waals surface area contributed by atoms with Crippen LogP contribution in [0, 0.1) is 12.8 Å². The smallest absolute Gasteiger partial charge is 0.257 e. The number of aromatic nitrogens is 2. The number of phenols is 1. The largest absolute Gasteiger partial charge is 0.508 e. The second kappa shape index (κ2) is 23.6. The summed E-state index contributed by atoms with van der Waals surface area (Å²) in [4.78, 5) is 54.3. The summed E-state index contributed by atoms with van der Waals surface area (Å²) in [5, 5.41) is 27.8. The van der Waals surface area contributed by atoms with Crippen molar-refractivity contribution in [1.82, 2.24) is 25.3 Å². The summed E-state index contributed by atoms with van der Waals surface area (Å²) in [6.45, 7) is 11.3. The monoisotopic (exact) mass is 1010 g/mol. The van der Waals surface area contributed by atoms with Crippen molar-refractivity contribution in [1.29, 1.82) is 0 Å². The Bertz CT molecular complexity index is 2900. The van der Waals surface area contributed by atoms with Crippen LogP contribution in [0.25, 0.3) is 21.6 Å². The number of carbonyl (C=O) groups excluding carboxylic acids is 3. The normalized spacial score (nSPS) is 18.3. The van der Waals surface area contributed by atoms with Crippen LogP contribution in [-0.4, -0.2) is 112 Å². The van der Waals surface area contributed by atoms with Crippen LogP contribution in [0.1, 0.15) is 93.0 Å². The number of likely N-dealkylation sites (N-methyl/N-ethyl adjacent to an activating group) is 1. The number of amidine groups is 1. The molecule has 4 heterocycles. The first-order chi connectivity index (χ1) is 35.2. The fourth-order valence-electron chi connectivity index (χ4n) is 9.43. The second-order valence-electron chi connectivity index (χ2n) is 18.9. The summed E-state index contributed by atoms with van der Waals surface area (Å²) in [5.41, 5.74) is 8.71. The number of hydrogen-bond donors (Lipinski definition) is 3. The first-order valence-electron chi connectivity index (χ1n) is 24.9. The quantitative estimate of drug-likeness (QED) is 0.0435. The number of amides is 3. The van der Waals surface area contributed by atoms with Gasteiger partial charge in [-0.25, -0.2) is 9.98 Å². The molecule has 3 N–H and O–H groups in total. The number of aryl methyl sites for hydroxylation is 1. The maximum Gasteiger partial charge on any atom is 0.257 e. The van der Waals surface area contributed by atoms with Gasteiger partial charge in [-0.15, -0.1) is 11.3 Å². The van der Waals surface area contributed by atoms with Crippen molar-refractivity contribution in [3.63, 3.8) is 0 Å². The molecule has 0 saturated carbocycles. The van der Waals surface area contributed by atoms with Gasteiger partial charge in [0.2, 0.25) is 11.8 Å². The van der Waals surface area contributed by atoms with E-state index < -0.39 is 23.6 Å². The number of nitrogens with one attached hydrogen (secondary N) is 1. The third kappa shape index (κ3) is 12.2. The number of phenolic OH excluding ortho intramolecular Hbond substituents is 1. The average Bonchev–Trinajstić information content (AvgIpc) is 4.20. The van der Waals surface area contributed by atoms with Crippen molar-refractivity contribution >= 4 is 46.0 Å². The lowest BCUT2D eigenvalue weighted by Crippen LogP contribution is -2.48. The molecule has 1 fully saturated rings. The molecule has 0 spiro atoms. The number of benzene rings is 4. The molecule has 3 amide bonds. The highest BCUT2D eigenvalue weighted by Crippen LogP contribution is 2.38. The molecule has 8 rings (SSSR count). The zero-order valence-corrected chi connectivity index (χ0v) is 43.1. The van der Waals surface area contributed by atoms with Crippen molar-refractivity contribution < 1.29 is 43.3 Å². The van der Waals surface area contributed by atoms with E-state index in [1.165, 1.54) is 5.57 Å². The molecule has 4 atom stereocenters. The topological polar surface area (TPSA) is 189 Å². The highest BCUT2D eigenvalue weighted by molar-refractivity contribution is 7.13. The van der Waals surface area contributed by atoms with Crippen molar-refractivity contribution in [2.24, 2.45) is 10.9 Å². The third-order valence-electron chi connectivity index (χ3n) is 13.5. The zero-order chi connectivity index (χ0) is 51.6. The summed E-state index contributed by atoms with van der Waals surface area (Å²) in [5.74, 6) is 0.220. The average molecular weight is 1010 g/mol. The minimum absolute atomic E-state index is 0.0155. The van der Waals surface area contributed by atoms with E-state index in [0.29, 0.717) is 55.5 Å². The van der Waals surface area contributed by atoms with Gasteiger partial charge in [0.1, 0.15) is 36.5 Å². The molecule has 382 valence electrons. The molecular weight excluding hydrogens is 945 g/mol. The van der Waals surface area contributed by atoms with E-state index in [4.69, 9.17) is 23.7 Å². The Labute approximate surface area is 430 Å². The maximum absolute atomic E-state index is 14.4. The molecule has 16 heteroatoms. The van der Waals surface area contributed by atoms with Crippen LogP contribution in [0.3, 0.4) is 0 Å². The lowest BCUT2D eigenvalue weighted by atomic mass is 9.88. The highest BCUT2D eigenvalue weighted by atomic mass is 32.1. The van der Waals surface area contributed by atoms with Crippen molar-refractivity contribution in [2.75, 3.05) is 46.6 Å². The third-order valence-corrected chi connectivity index (χ3v) is 14.4. The fourth-order valence-corrected chi connectivity index (χ4v) is 10.2. The number of allylic oxidation sites excluding steroid dienone is 1. The fraction of sp³-hybridized carbons (Fsp3) is 0.368. The van der Waals surface area contributed by atoms with Crippen molar-refractivity contribution in [3.8, 4) is 27.8 Å². The van der Waals surface area contributed by atoms with Gasteiger partial charge in [0.15, 0.2) is 11.3 Å². The minimum atomic E-state index is -1.22. The lowest BCUT2D eigenvalue weighted by molar-refractivity contribution is -0.134. The maximum atomic E-state index is 14.4. The number of ether oxygens (including phenoxy) is 3. The second-order valence-corrected chi connectivity index (χ2v) is 19.8. The van der Waals surface area contributed by atoms with Gasteiger partial charge < -0.3 is 44.1 Å². The van der Waals surface area contributed by atoms with Gasteiger partial charge in [-0.2, -0.15) is 0 Å². The number of carbonyl (C=O) groups is 3. The van der Waals surface area contributed by atoms with E-state index in [1.807, 2.05) is 99.6 Å². The number of thiazole rings is 1. The Balaban J connectivity index is 0.767. The molecule has 0 aliphatic carbocycles. The molecule has 2 aliphatic rings. The first kappa shape index (κ1) is 52.2. The molecule has 0 radical (unpaired) electrons. The molecule has 4 aromatic carbocycles. The zero-order valence-electron chi connectivity index (χ0n) is 42.2. The van der Waals surface area contributed by atoms with E-state index in [2.05, 4.69) is 34.5 Å². The van der Waals surface area contributed by atoms with Gasteiger partial charge in [0.05, 0.1) is 41.4 Å². The van der Waals surface area contributed by atoms with E-state index >= 15 is 0 Å². The van der Waals surface area contributed by atoms with Crippen molar-refractivity contribution in [3.05, 3.63) is 148 Å². The predicted octanol–water partition coefficient (Wildman–Crippen LogP) is 9.04. The summed E-state index contributed by atoms with van der Waals surface area (Å²) in [6, 6.07) is 34.2. The Hall–Kier alpha value is -7.14. The number of rotatable bonds is 22. The molecule has 15 nitrogen and oxygen atoms in total. The van der Waals surface area contributed by atoms with Crippen LogP contribution >= 0.6 is 11.3 Å². The number of likely N-dealkylation sites (tertiary alicyclic amines) is 1. The number of aliphatic hydroxyl groups excluding tert-OH is 1. The lowest BCUT2D eigenvalue weighted by Gasteiger charge is -2.29. The van der Waals surface area contributed by atoms with Gasteiger partial charge in [-0.3, -0.25) is 14.4 Å². The van der Waals surface area contributed by atoms with Gasteiger partial charge in [-0.05, 0) is 101 Å². The van der Waals surface area contributed by atoms with Gasteiger partial charge in [0.25, 0.3) is 11.8 Å². The molecule has 2 aromatic heterocycles. The number of nitrogens with zero attached hydrogens (tertiary/aromatic N) is 5.